The highest BCUT2D eigenvalue weighted by atomic mass is 127. The lowest BCUT2D eigenvalue weighted by Crippen LogP contribution is -2.28. The largest absolute Gasteiger partial charge is 0.534 e. The van der Waals surface area contributed by atoms with Gasteiger partial charge >= 0.3 is 15.6 Å². The smallest absolute Gasteiger partial charge is 0.375 e. The Balaban J connectivity index is 0.00000289. The van der Waals surface area contributed by atoms with E-state index in [1.807, 2.05) is 0 Å². The highest BCUT2D eigenvalue weighted by Crippen LogP contribution is 2.31. The lowest BCUT2D eigenvalue weighted by molar-refractivity contribution is -0.0500. The normalized spacial score (nSPS) is 11.9. The second kappa shape index (κ2) is 5.64. The fourth-order valence-corrected chi connectivity index (χ4v) is 2.03. The first-order chi connectivity index (χ1) is 7.54. The van der Waals surface area contributed by atoms with Crippen LogP contribution < -0.4 is 4.18 Å². The van der Waals surface area contributed by atoms with Crippen molar-refractivity contribution in [3.05, 3.63) is 28.8 Å². The summed E-state index contributed by atoms with van der Waals surface area (Å²) in [5.74, 6) is -0.270. The Morgan fingerprint density at radius 3 is 1.78 bits per heavy atom. The minimum Gasteiger partial charge on any atom is -0.375 e. The maximum absolute atomic E-state index is 12.1. The quantitative estimate of drug-likeness (QED) is 0.437. The van der Waals surface area contributed by atoms with E-state index in [0.717, 1.165) is 5.56 Å². The summed E-state index contributed by atoms with van der Waals surface area (Å²) in [5.41, 5.74) is -3.92. The lowest BCUT2D eigenvalue weighted by atomic mass is 10.1. The van der Waals surface area contributed by atoms with E-state index in [9.17, 15) is 21.6 Å². The summed E-state index contributed by atoms with van der Waals surface area (Å²) in [6.07, 6.45) is 0. The number of hydrogen-bond acceptors (Lipinski definition) is 3. The van der Waals surface area contributed by atoms with Crippen LogP contribution in [0.2, 0.25) is 0 Å². The van der Waals surface area contributed by atoms with Crippen LogP contribution in [-0.2, 0) is 10.1 Å². The fourth-order valence-electron chi connectivity index (χ4n) is 1.46. The first-order valence-electron chi connectivity index (χ1n) is 4.63. The van der Waals surface area contributed by atoms with E-state index in [1.54, 1.807) is 19.1 Å². The molecule has 0 spiro atoms. The predicted octanol–water partition coefficient (Wildman–Crippen LogP) is 3.46. The Kier molecular flexibility index (Phi) is 5.48. The molecular formula is C10H12F3IO3S. The first-order valence-corrected chi connectivity index (χ1v) is 6.04. The van der Waals surface area contributed by atoms with Gasteiger partial charge in [-0.25, -0.2) is 0 Å². The summed E-state index contributed by atoms with van der Waals surface area (Å²) in [7, 11) is -5.61. The molecule has 0 aliphatic heterocycles. The van der Waals surface area contributed by atoms with Crippen molar-refractivity contribution in [3.8, 4) is 5.75 Å². The second-order valence-corrected chi connectivity index (χ2v) is 5.25. The highest BCUT2D eigenvalue weighted by Gasteiger charge is 2.48. The van der Waals surface area contributed by atoms with Gasteiger partial charge in [-0.2, -0.15) is 21.6 Å². The summed E-state index contributed by atoms with van der Waals surface area (Å²) in [6.45, 7) is 4.73. The van der Waals surface area contributed by atoms with Crippen molar-refractivity contribution in [2.75, 3.05) is 0 Å². The number of halogens is 4. The number of benzene rings is 1. The maximum atomic E-state index is 12.1. The van der Waals surface area contributed by atoms with Crippen molar-refractivity contribution in [3.63, 3.8) is 0 Å². The molecule has 0 aliphatic carbocycles. The molecule has 18 heavy (non-hydrogen) atoms. The Morgan fingerprint density at radius 2 is 1.44 bits per heavy atom. The average molecular weight is 396 g/mol. The van der Waals surface area contributed by atoms with Gasteiger partial charge in [0.2, 0.25) is 0 Å². The third kappa shape index (κ3) is 3.74. The van der Waals surface area contributed by atoms with Gasteiger partial charge in [0.1, 0.15) is 5.75 Å². The predicted molar refractivity (Wildman–Crippen MR) is 71.7 cm³/mol. The molecule has 1 rings (SSSR count). The van der Waals surface area contributed by atoms with E-state index in [0.29, 0.717) is 11.1 Å². The minimum absolute atomic E-state index is 0. The van der Waals surface area contributed by atoms with Crippen LogP contribution >= 0.6 is 24.0 Å². The summed E-state index contributed by atoms with van der Waals surface area (Å²) in [5, 5.41) is 0. The molecule has 0 N–H and O–H groups in total. The van der Waals surface area contributed by atoms with Crippen LogP contribution in [0.4, 0.5) is 13.2 Å². The molecule has 1 aromatic carbocycles. The van der Waals surface area contributed by atoms with E-state index in [1.165, 1.54) is 13.8 Å². The van der Waals surface area contributed by atoms with E-state index < -0.39 is 15.6 Å². The summed E-state index contributed by atoms with van der Waals surface area (Å²) in [4.78, 5) is 0. The van der Waals surface area contributed by atoms with Gasteiger partial charge in [0.05, 0.1) is 0 Å². The molecule has 1 aromatic rings. The molecule has 0 saturated carbocycles. The van der Waals surface area contributed by atoms with Crippen molar-refractivity contribution in [1.82, 2.24) is 0 Å². The molecule has 0 bridgehead atoms. The van der Waals surface area contributed by atoms with Crippen LogP contribution in [0, 0.1) is 20.8 Å². The van der Waals surface area contributed by atoms with Crippen LogP contribution in [0.3, 0.4) is 0 Å². The third-order valence-corrected chi connectivity index (χ3v) is 3.03. The highest BCUT2D eigenvalue weighted by molar-refractivity contribution is 14.0. The molecule has 0 aliphatic rings. The van der Waals surface area contributed by atoms with E-state index in [2.05, 4.69) is 4.18 Å². The van der Waals surface area contributed by atoms with Crippen LogP contribution in [-0.4, -0.2) is 13.9 Å². The number of rotatable bonds is 2. The van der Waals surface area contributed by atoms with E-state index in [-0.39, 0.29) is 29.7 Å². The summed E-state index contributed by atoms with van der Waals surface area (Å²) < 4.78 is 62.3. The van der Waals surface area contributed by atoms with Crippen molar-refractivity contribution in [1.29, 1.82) is 0 Å². The number of aryl methyl sites for hydroxylation is 3. The molecule has 0 saturated heterocycles. The van der Waals surface area contributed by atoms with Crippen LogP contribution in [0.1, 0.15) is 16.7 Å². The molecule has 104 valence electrons. The van der Waals surface area contributed by atoms with Crippen molar-refractivity contribution in [2.24, 2.45) is 0 Å². The molecule has 0 aromatic heterocycles. The van der Waals surface area contributed by atoms with Gasteiger partial charge in [-0.15, -0.1) is 24.0 Å². The monoisotopic (exact) mass is 396 g/mol. The van der Waals surface area contributed by atoms with Gasteiger partial charge in [-0.3, -0.25) is 0 Å². The van der Waals surface area contributed by atoms with Gasteiger partial charge in [-0.05, 0) is 31.9 Å². The number of alkyl halides is 3. The van der Waals surface area contributed by atoms with Gasteiger partial charge in [0.25, 0.3) is 0 Å². The van der Waals surface area contributed by atoms with Crippen LogP contribution in [0.25, 0.3) is 0 Å². The van der Waals surface area contributed by atoms with Crippen molar-refractivity contribution < 1.29 is 25.8 Å². The molecule has 0 heterocycles. The average Bonchev–Trinajstić information content (AvgIpc) is 2.09. The van der Waals surface area contributed by atoms with E-state index in [4.69, 9.17) is 0 Å². The van der Waals surface area contributed by atoms with E-state index >= 15 is 0 Å². The van der Waals surface area contributed by atoms with Crippen LogP contribution in [0.5, 0.6) is 5.75 Å². The number of hydrogen-bond donors (Lipinski definition) is 0. The molecule has 3 nitrogen and oxygen atoms in total. The molecule has 0 atom stereocenters. The zero-order valence-electron chi connectivity index (χ0n) is 9.83. The van der Waals surface area contributed by atoms with Gasteiger partial charge in [-0.1, -0.05) is 17.7 Å². The molecule has 0 amide bonds. The van der Waals surface area contributed by atoms with Crippen molar-refractivity contribution in [2.45, 2.75) is 26.3 Å². The van der Waals surface area contributed by atoms with Gasteiger partial charge in [0.15, 0.2) is 0 Å². The zero-order valence-corrected chi connectivity index (χ0v) is 13.0. The lowest BCUT2D eigenvalue weighted by Gasteiger charge is -2.14. The second-order valence-electron chi connectivity index (χ2n) is 3.71. The molecule has 8 heteroatoms. The summed E-state index contributed by atoms with van der Waals surface area (Å²) in [6, 6.07) is 3.10. The maximum Gasteiger partial charge on any atom is 0.534 e. The third-order valence-electron chi connectivity index (χ3n) is 2.08. The fraction of sp³-hybridized carbons (Fsp3) is 0.400. The Labute approximate surface area is 120 Å². The Morgan fingerprint density at radius 1 is 1.06 bits per heavy atom. The zero-order chi connectivity index (χ0) is 13.4. The van der Waals surface area contributed by atoms with Crippen LogP contribution in [0.15, 0.2) is 12.1 Å². The van der Waals surface area contributed by atoms with Gasteiger partial charge < -0.3 is 4.18 Å². The molecule has 0 fully saturated rings. The van der Waals surface area contributed by atoms with Crippen molar-refractivity contribution >= 4 is 34.1 Å². The Hall–Kier alpha value is -0.510. The minimum atomic E-state index is -5.61. The SMILES string of the molecule is Cc1cc(C)c(OS(=O)(=O)C(F)(F)F)c(C)c1.I. The Bertz CT molecular complexity index is 515. The summed E-state index contributed by atoms with van der Waals surface area (Å²) >= 11 is 0. The topological polar surface area (TPSA) is 43.4 Å². The molecule has 0 radical (unpaired) electrons. The van der Waals surface area contributed by atoms with Gasteiger partial charge in [0, 0.05) is 0 Å². The standard InChI is InChI=1S/C10H11F3O3S.HI/c1-6-4-7(2)9(8(3)5-6)16-17(14,15)10(11,12)13;/h4-5H,1-3H3;1H. The molecular weight excluding hydrogens is 384 g/mol. The molecule has 0 unspecified atom stereocenters. The first kappa shape index (κ1) is 17.5.